The largest absolute Gasteiger partial charge is 0.456 e. The number of carbonyl (C=O) groups is 1. The zero-order chi connectivity index (χ0) is 21.8. The van der Waals surface area contributed by atoms with E-state index >= 15 is 0 Å². The van der Waals surface area contributed by atoms with Gasteiger partial charge in [-0.05, 0) is 48.9 Å². The monoisotopic (exact) mass is 441 g/mol. The number of carbonyl (C=O) groups excluding carboxylic acids is 1. The van der Waals surface area contributed by atoms with Gasteiger partial charge in [-0.15, -0.1) is 0 Å². The molecule has 0 aliphatic rings. The van der Waals surface area contributed by atoms with Gasteiger partial charge in [0.25, 0.3) is 11.6 Å². The van der Waals surface area contributed by atoms with Gasteiger partial charge in [0.05, 0.1) is 10.5 Å². The van der Waals surface area contributed by atoms with Gasteiger partial charge < -0.3 is 9.73 Å². The molecule has 7 nitrogen and oxygen atoms in total. The van der Waals surface area contributed by atoms with Crippen molar-refractivity contribution in [2.75, 3.05) is 5.32 Å². The highest BCUT2D eigenvalue weighted by Gasteiger charge is 2.19. The molecule has 0 aliphatic heterocycles. The van der Waals surface area contributed by atoms with Crippen molar-refractivity contribution in [3.05, 3.63) is 85.6 Å². The van der Waals surface area contributed by atoms with Crippen LogP contribution in [0.5, 0.6) is 0 Å². The molecule has 2 aromatic carbocycles. The van der Waals surface area contributed by atoms with Gasteiger partial charge in [0.1, 0.15) is 23.2 Å². The maximum absolute atomic E-state index is 12.4. The van der Waals surface area contributed by atoms with Crippen LogP contribution in [0.3, 0.4) is 0 Å². The minimum Gasteiger partial charge on any atom is -0.456 e. The van der Waals surface area contributed by atoms with Crippen molar-refractivity contribution < 1.29 is 14.1 Å². The van der Waals surface area contributed by atoms with Crippen LogP contribution >= 0.6 is 23.2 Å². The lowest BCUT2D eigenvalue weighted by molar-refractivity contribution is -0.384. The third-order valence-electron chi connectivity index (χ3n) is 4.01. The average molecular weight is 442 g/mol. The van der Waals surface area contributed by atoms with Crippen molar-refractivity contribution in [1.82, 2.24) is 0 Å². The molecule has 1 heterocycles. The third-order valence-corrected chi connectivity index (χ3v) is 4.45. The number of nitrogens with zero attached hydrogens (tertiary/aromatic N) is 2. The van der Waals surface area contributed by atoms with Crippen molar-refractivity contribution in [3.8, 4) is 17.4 Å². The minimum atomic E-state index is -0.685. The first-order chi connectivity index (χ1) is 14.3. The van der Waals surface area contributed by atoms with Crippen molar-refractivity contribution in [2.45, 2.75) is 6.92 Å². The summed E-state index contributed by atoms with van der Waals surface area (Å²) in [6, 6.07) is 14.1. The molecule has 1 amide bonds. The number of benzene rings is 2. The number of rotatable bonds is 5. The third kappa shape index (κ3) is 4.87. The first kappa shape index (κ1) is 21.1. The summed E-state index contributed by atoms with van der Waals surface area (Å²) < 4.78 is 5.62. The molecule has 3 aromatic rings. The lowest BCUT2D eigenvalue weighted by Crippen LogP contribution is -2.13. The standard InChI is InChI=1S/C21H13Cl2N3O4/c1-12-2-4-18(19(6-12)26(28)29)20-5-3-17(30-20)7-13(11-24)21(27)25-16-9-14(22)8-15(23)10-16/h2-10H,1H3,(H,25,27). The fourth-order valence-corrected chi connectivity index (χ4v) is 3.22. The molecule has 0 fully saturated rings. The molecule has 1 N–H and O–H groups in total. The number of nitro groups is 1. The number of hydrogen-bond acceptors (Lipinski definition) is 5. The smallest absolute Gasteiger partial charge is 0.280 e. The number of furan rings is 1. The van der Waals surface area contributed by atoms with E-state index in [9.17, 15) is 20.2 Å². The molecule has 0 unspecified atom stereocenters. The molecule has 0 bridgehead atoms. The van der Waals surface area contributed by atoms with Crippen LogP contribution in [0.4, 0.5) is 11.4 Å². The second kappa shape index (κ2) is 8.82. The van der Waals surface area contributed by atoms with E-state index < -0.39 is 10.8 Å². The van der Waals surface area contributed by atoms with Crippen LogP contribution in [-0.2, 0) is 4.79 Å². The van der Waals surface area contributed by atoms with E-state index in [4.69, 9.17) is 27.6 Å². The maximum atomic E-state index is 12.4. The summed E-state index contributed by atoms with van der Waals surface area (Å²) in [7, 11) is 0. The molecule has 3 rings (SSSR count). The number of nitrogens with one attached hydrogen (secondary N) is 1. The first-order valence-electron chi connectivity index (χ1n) is 8.51. The van der Waals surface area contributed by atoms with Gasteiger partial charge in [0.2, 0.25) is 0 Å². The second-order valence-corrected chi connectivity index (χ2v) is 7.13. The van der Waals surface area contributed by atoms with Gasteiger partial charge >= 0.3 is 0 Å². The number of amides is 1. The maximum Gasteiger partial charge on any atom is 0.280 e. The van der Waals surface area contributed by atoms with Gasteiger partial charge in [-0.25, -0.2) is 0 Å². The van der Waals surface area contributed by atoms with Crippen LogP contribution in [-0.4, -0.2) is 10.8 Å². The van der Waals surface area contributed by atoms with Crippen LogP contribution in [0.15, 0.2) is 58.5 Å². The quantitative estimate of drug-likeness (QED) is 0.225. The number of hydrogen-bond donors (Lipinski definition) is 1. The molecule has 0 atom stereocenters. The van der Waals surface area contributed by atoms with Crippen molar-refractivity contribution in [3.63, 3.8) is 0 Å². The van der Waals surface area contributed by atoms with Crippen molar-refractivity contribution in [2.24, 2.45) is 0 Å². The summed E-state index contributed by atoms with van der Waals surface area (Å²) >= 11 is 11.8. The lowest BCUT2D eigenvalue weighted by atomic mass is 10.1. The molecule has 0 saturated heterocycles. The Labute approximate surface area is 181 Å². The van der Waals surface area contributed by atoms with E-state index in [0.717, 1.165) is 5.56 Å². The lowest BCUT2D eigenvalue weighted by Gasteiger charge is -2.05. The average Bonchev–Trinajstić information content (AvgIpc) is 3.13. The highest BCUT2D eigenvalue weighted by molar-refractivity contribution is 6.35. The van der Waals surface area contributed by atoms with E-state index in [1.165, 1.54) is 42.5 Å². The fourth-order valence-electron chi connectivity index (χ4n) is 2.69. The molecule has 150 valence electrons. The van der Waals surface area contributed by atoms with E-state index in [1.54, 1.807) is 25.1 Å². The molecule has 0 spiro atoms. The summed E-state index contributed by atoms with van der Waals surface area (Å²) in [5.41, 5.74) is 1.03. The highest BCUT2D eigenvalue weighted by Crippen LogP contribution is 2.32. The Bertz CT molecular complexity index is 1200. The Kier molecular flexibility index (Phi) is 6.21. The van der Waals surface area contributed by atoms with Crippen molar-refractivity contribution >= 4 is 46.6 Å². The Balaban J connectivity index is 1.88. The molecule has 0 radical (unpaired) electrons. The zero-order valence-corrected chi connectivity index (χ0v) is 17.0. The van der Waals surface area contributed by atoms with Crippen molar-refractivity contribution in [1.29, 1.82) is 5.26 Å². The molecule has 1 aromatic heterocycles. The molecule has 0 aliphatic carbocycles. The predicted molar refractivity (Wildman–Crippen MR) is 114 cm³/mol. The van der Waals surface area contributed by atoms with E-state index in [-0.39, 0.29) is 22.8 Å². The van der Waals surface area contributed by atoms with Crippen LogP contribution in [0.2, 0.25) is 10.0 Å². The molecule has 0 saturated carbocycles. The Morgan fingerprint density at radius 2 is 1.87 bits per heavy atom. The second-order valence-electron chi connectivity index (χ2n) is 6.26. The SMILES string of the molecule is Cc1ccc(-c2ccc(C=C(C#N)C(=O)Nc3cc(Cl)cc(Cl)c3)o2)c([N+](=O)[O-])c1. The topological polar surface area (TPSA) is 109 Å². The van der Waals surface area contributed by atoms with E-state index in [2.05, 4.69) is 5.32 Å². The predicted octanol–water partition coefficient (Wildman–Crippen LogP) is 6.02. The van der Waals surface area contributed by atoms with Crippen LogP contribution < -0.4 is 5.32 Å². The number of anilines is 1. The highest BCUT2D eigenvalue weighted by atomic mass is 35.5. The normalized spacial score (nSPS) is 11.1. The number of halogens is 2. The molecular formula is C21H13Cl2N3O4. The van der Waals surface area contributed by atoms with Crippen LogP contribution in [0.1, 0.15) is 11.3 Å². The zero-order valence-electron chi connectivity index (χ0n) is 15.5. The van der Waals surface area contributed by atoms with Gasteiger partial charge in [-0.2, -0.15) is 5.26 Å². The number of nitro benzene ring substituents is 1. The first-order valence-corrected chi connectivity index (χ1v) is 9.27. The Hall–Kier alpha value is -3.60. The van der Waals surface area contributed by atoms with E-state index in [1.807, 2.05) is 0 Å². The van der Waals surface area contributed by atoms with Crippen LogP contribution in [0, 0.1) is 28.4 Å². The minimum absolute atomic E-state index is 0.101. The summed E-state index contributed by atoms with van der Waals surface area (Å²) in [6.07, 6.45) is 1.24. The molecular weight excluding hydrogens is 429 g/mol. The van der Waals surface area contributed by atoms with E-state index in [0.29, 0.717) is 21.3 Å². The summed E-state index contributed by atoms with van der Waals surface area (Å²) in [5.74, 6) is -0.252. The summed E-state index contributed by atoms with van der Waals surface area (Å²) in [4.78, 5) is 23.2. The molecule has 30 heavy (non-hydrogen) atoms. The summed E-state index contributed by atoms with van der Waals surface area (Å²) in [5, 5.41) is 23.9. The number of aryl methyl sites for hydroxylation is 1. The van der Waals surface area contributed by atoms with Gasteiger partial charge in [-0.3, -0.25) is 14.9 Å². The fraction of sp³-hybridized carbons (Fsp3) is 0.0476. The Morgan fingerprint density at radius 1 is 1.17 bits per heavy atom. The van der Waals surface area contributed by atoms with Gasteiger partial charge in [-0.1, -0.05) is 29.3 Å². The van der Waals surface area contributed by atoms with Gasteiger partial charge in [0, 0.05) is 27.9 Å². The molecule has 9 heteroatoms. The summed E-state index contributed by atoms with van der Waals surface area (Å²) in [6.45, 7) is 1.75. The number of nitriles is 1. The van der Waals surface area contributed by atoms with Crippen LogP contribution in [0.25, 0.3) is 17.4 Å². The Morgan fingerprint density at radius 3 is 2.50 bits per heavy atom. The van der Waals surface area contributed by atoms with Gasteiger partial charge in [0.15, 0.2) is 0 Å².